The molecule has 7 atom stereocenters. The minimum atomic E-state index is -1.23. The van der Waals surface area contributed by atoms with Crippen LogP contribution in [-0.2, 0) is 21.3 Å². The fourth-order valence-corrected chi connectivity index (χ4v) is 7.12. The molecule has 5 nitrogen and oxygen atoms in total. The molecule has 3 aliphatic rings. The average Bonchev–Trinajstić information content (AvgIpc) is 3.35. The molecule has 1 aliphatic carbocycles. The van der Waals surface area contributed by atoms with Gasteiger partial charge in [0, 0.05) is 28.2 Å². The van der Waals surface area contributed by atoms with E-state index in [2.05, 4.69) is 31.2 Å². The summed E-state index contributed by atoms with van der Waals surface area (Å²) < 4.78 is 11.6. The lowest BCUT2D eigenvalue weighted by Gasteiger charge is -2.40. The number of thioether (sulfide) groups is 1. The lowest BCUT2D eigenvalue weighted by molar-refractivity contribution is -0.200. The van der Waals surface area contributed by atoms with Crippen molar-refractivity contribution in [3.05, 3.63) is 56.8 Å². The maximum atomic E-state index is 10.6. The molecule has 31 heavy (non-hydrogen) atoms. The van der Waals surface area contributed by atoms with Gasteiger partial charge in [-0.3, -0.25) is 0 Å². The van der Waals surface area contributed by atoms with E-state index in [0.29, 0.717) is 11.3 Å². The van der Waals surface area contributed by atoms with Crippen LogP contribution in [0.1, 0.15) is 45.4 Å². The van der Waals surface area contributed by atoms with Gasteiger partial charge in [0.1, 0.15) is 29.9 Å². The van der Waals surface area contributed by atoms with Gasteiger partial charge in [-0.25, -0.2) is 0 Å². The number of aliphatic hydroxyl groups excluding tert-OH is 3. The van der Waals surface area contributed by atoms with E-state index in [4.69, 9.17) is 9.47 Å². The van der Waals surface area contributed by atoms with Crippen molar-refractivity contribution in [1.29, 1.82) is 0 Å². The van der Waals surface area contributed by atoms with E-state index in [1.807, 2.05) is 23.7 Å². The van der Waals surface area contributed by atoms with Crippen LogP contribution in [0.4, 0.5) is 0 Å². The van der Waals surface area contributed by atoms with Crippen molar-refractivity contribution < 1.29 is 24.8 Å². The average molecular weight is 463 g/mol. The summed E-state index contributed by atoms with van der Waals surface area (Å²) in [5.74, 6) is 0.689. The van der Waals surface area contributed by atoms with Gasteiger partial charge in [-0.05, 0) is 60.8 Å². The zero-order chi connectivity index (χ0) is 21.8. The smallest absolute Gasteiger partial charge is 0.132 e. The lowest BCUT2D eigenvalue weighted by atomic mass is 9.92. The van der Waals surface area contributed by atoms with E-state index in [1.54, 1.807) is 0 Å². The maximum absolute atomic E-state index is 10.6. The third-order valence-electron chi connectivity index (χ3n) is 7.26. The normalized spacial score (nSPS) is 37.5. The fraction of sp³-hybridized carbons (Fsp3) is 0.583. The van der Waals surface area contributed by atoms with Gasteiger partial charge >= 0.3 is 0 Å². The van der Waals surface area contributed by atoms with E-state index in [-0.39, 0.29) is 0 Å². The van der Waals surface area contributed by atoms with Crippen LogP contribution in [0.5, 0.6) is 0 Å². The van der Waals surface area contributed by atoms with Crippen LogP contribution in [-0.4, -0.2) is 58.5 Å². The third kappa shape index (κ3) is 3.88. The number of thiophene rings is 1. The number of rotatable bonds is 5. The molecular weight excluding hydrogens is 432 g/mol. The third-order valence-corrected chi connectivity index (χ3v) is 9.42. The monoisotopic (exact) mass is 462 g/mol. The lowest BCUT2D eigenvalue weighted by Crippen LogP contribution is -2.52. The molecule has 2 aromatic rings. The molecule has 3 fully saturated rings. The molecule has 2 saturated heterocycles. The summed E-state index contributed by atoms with van der Waals surface area (Å²) in [7, 11) is 0. The first-order valence-electron chi connectivity index (χ1n) is 10.9. The van der Waals surface area contributed by atoms with Gasteiger partial charge in [-0.2, -0.15) is 0 Å². The molecule has 5 rings (SSSR count). The van der Waals surface area contributed by atoms with Gasteiger partial charge in [0.05, 0.1) is 6.61 Å². The number of hydrogen-bond acceptors (Lipinski definition) is 7. The van der Waals surface area contributed by atoms with E-state index >= 15 is 0 Å². The largest absolute Gasteiger partial charge is 0.387 e. The van der Waals surface area contributed by atoms with Gasteiger partial charge in [-0.15, -0.1) is 23.1 Å². The molecule has 0 spiro atoms. The van der Waals surface area contributed by atoms with Crippen LogP contribution in [0.25, 0.3) is 0 Å². The van der Waals surface area contributed by atoms with Crippen molar-refractivity contribution in [1.82, 2.24) is 0 Å². The Kier molecular flexibility index (Phi) is 5.97. The van der Waals surface area contributed by atoms with E-state index in [9.17, 15) is 15.3 Å². The SMILES string of the molecule is CS[C@H]1O[C@@H](c2ccc(C)c(Cc3ccc(C45CCOCC4C5)s3)c2)[C@H](O)[C@@H](O)[C@@H]1O. The highest BCUT2D eigenvalue weighted by atomic mass is 32.2. The van der Waals surface area contributed by atoms with Gasteiger partial charge in [0.15, 0.2) is 0 Å². The summed E-state index contributed by atoms with van der Waals surface area (Å²) >= 11 is 3.25. The topological polar surface area (TPSA) is 79.2 Å². The van der Waals surface area contributed by atoms with Crippen LogP contribution in [0, 0.1) is 12.8 Å². The Hall–Kier alpha value is -0.930. The number of aliphatic hydroxyl groups is 3. The van der Waals surface area contributed by atoms with Crippen molar-refractivity contribution >= 4 is 23.1 Å². The van der Waals surface area contributed by atoms with Crippen molar-refractivity contribution in [2.75, 3.05) is 19.5 Å². The highest BCUT2D eigenvalue weighted by molar-refractivity contribution is 7.99. The van der Waals surface area contributed by atoms with Crippen LogP contribution in [0.3, 0.4) is 0 Å². The highest BCUT2D eigenvalue weighted by Crippen LogP contribution is 2.60. The second-order valence-electron chi connectivity index (χ2n) is 9.14. The predicted molar refractivity (Wildman–Crippen MR) is 123 cm³/mol. The van der Waals surface area contributed by atoms with Crippen LogP contribution in [0.15, 0.2) is 30.3 Å². The molecule has 168 valence electrons. The first-order valence-corrected chi connectivity index (χ1v) is 13.0. The summed E-state index contributed by atoms with van der Waals surface area (Å²) in [6, 6.07) is 10.6. The Balaban J connectivity index is 1.36. The van der Waals surface area contributed by atoms with Crippen molar-refractivity contribution in [3.8, 4) is 0 Å². The first-order chi connectivity index (χ1) is 14.9. The summed E-state index contributed by atoms with van der Waals surface area (Å²) in [5.41, 5.74) is 3.01. The molecule has 0 radical (unpaired) electrons. The maximum Gasteiger partial charge on any atom is 0.132 e. The standard InChI is InChI=1S/C24H30O5S2/c1-13-3-4-14(22-20(26)19(25)21(27)23(29-22)30-2)9-15(13)10-17-5-6-18(31-17)24-7-8-28-12-16(24)11-24/h3-6,9,16,19-23,25-27H,7-8,10-12H2,1-2H3/t16?,19-,20-,21+,22+,23-,24?/m1/s1. The number of aryl methyl sites for hydroxylation is 1. The molecule has 1 aromatic heterocycles. The first kappa shape index (κ1) is 21.9. The molecule has 1 aromatic carbocycles. The van der Waals surface area contributed by atoms with Gasteiger partial charge in [0.25, 0.3) is 0 Å². The van der Waals surface area contributed by atoms with Gasteiger partial charge in [-0.1, -0.05) is 18.2 Å². The van der Waals surface area contributed by atoms with Crippen molar-refractivity contribution in [3.63, 3.8) is 0 Å². The Morgan fingerprint density at radius 3 is 2.74 bits per heavy atom. The number of hydrogen-bond donors (Lipinski definition) is 3. The molecule has 3 N–H and O–H groups in total. The summed E-state index contributed by atoms with van der Waals surface area (Å²) in [6.45, 7) is 3.87. The molecule has 0 amide bonds. The molecule has 3 heterocycles. The zero-order valence-corrected chi connectivity index (χ0v) is 19.5. The predicted octanol–water partition coefficient (Wildman–Crippen LogP) is 3.17. The summed E-state index contributed by atoms with van der Waals surface area (Å²) in [4.78, 5) is 2.83. The van der Waals surface area contributed by atoms with Crippen LogP contribution >= 0.6 is 23.1 Å². The van der Waals surface area contributed by atoms with Crippen molar-refractivity contribution in [2.24, 2.45) is 5.92 Å². The molecule has 1 saturated carbocycles. The van der Waals surface area contributed by atoms with Gasteiger partial charge < -0.3 is 24.8 Å². The molecule has 0 bridgehead atoms. The number of ether oxygens (including phenoxy) is 2. The minimum absolute atomic E-state index is 0.363. The summed E-state index contributed by atoms with van der Waals surface area (Å²) in [5, 5.41) is 31.0. The Bertz CT molecular complexity index is 944. The van der Waals surface area contributed by atoms with E-state index in [1.165, 1.54) is 39.1 Å². The quantitative estimate of drug-likeness (QED) is 0.634. The molecule has 7 heteroatoms. The Morgan fingerprint density at radius 1 is 1.13 bits per heavy atom. The number of benzene rings is 1. The van der Waals surface area contributed by atoms with Gasteiger partial charge in [0.2, 0.25) is 0 Å². The highest BCUT2D eigenvalue weighted by Gasteiger charge is 2.57. The second-order valence-corrected chi connectivity index (χ2v) is 11.2. The fourth-order valence-electron chi connectivity index (χ4n) is 5.12. The van der Waals surface area contributed by atoms with Crippen LogP contribution < -0.4 is 0 Å². The van der Waals surface area contributed by atoms with Crippen molar-refractivity contribution in [2.45, 2.75) is 61.5 Å². The second kappa shape index (κ2) is 8.45. The summed E-state index contributed by atoms with van der Waals surface area (Å²) in [6.07, 6.45) is 0.882. The van der Waals surface area contributed by atoms with E-state index < -0.39 is 29.9 Å². The van der Waals surface area contributed by atoms with E-state index in [0.717, 1.165) is 31.6 Å². The number of fused-ring (bicyclic) bond motifs is 1. The minimum Gasteiger partial charge on any atom is -0.387 e. The Morgan fingerprint density at radius 2 is 1.97 bits per heavy atom. The Labute approximate surface area is 191 Å². The zero-order valence-electron chi connectivity index (χ0n) is 17.9. The molecular formula is C24H30O5S2. The molecule has 2 aliphatic heterocycles. The molecule has 2 unspecified atom stereocenters. The van der Waals surface area contributed by atoms with Crippen LogP contribution in [0.2, 0.25) is 0 Å².